The van der Waals surface area contributed by atoms with Gasteiger partial charge in [-0.1, -0.05) is 38.4 Å². The zero-order valence-electron chi connectivity index (χ0n) is 14.3. The highest BCUT2D eigenvalue weighted by molar-refractivity contribution is 6.74. The second-order valence-corrected chi connectivity index (χ2v) is 12.2. The van der Waals surface area contributed by atoms with Crippen LogP contribution in [0.1, 0.15) is 45.1 Å². The van der Waals surface area contributed by atoms with Crippen molar-refractivity contribution >= 4 is 19.9 Å². The molecule has 0 aromatic carbocycles. The largest absolute Gasteiger partial charge is 0.414 e. The molecule has 1 rings (SSSR count). The van der Waals surface area contributed by atoms with E-state index in [1.54, 1.807) is 6.07 Å². The van der Waals surface area contributed by atoms with Gasteiger partial charge in [0.25, 0.3) is 0 Å². The average Bonchev–Trinajstić information content (AvgIpc) is 2.36. The lowest BCUT2D eigenvalue weighted by atomic mass is 10.1. The molecule has 0 saturated heterocycles. The molecule has 1 unspecified atom stereocenters. The first-order valence-electron chi connectivity index (χ1n) is 7.43. The minimum atomic E-state index is -1.69. The third-order valence-electron chi connectivity index (χ3n) is 4.21. The van der Waals surface area contributed by atoms with E-state index in [0.29, 0.717) is 18.4 Å². The first-order valence-corrected chi connectivity index (χ1v) is 10.7. The van der Waals surface area contributed by atoms with Gasteiger partial charge in [0, 0.05) is 0 Å². The molecule has 0 aliphatic heterocycles. The highest BCUT2D eigenvalue weighted by Crippen LogP contribution is 2.36. The van der Waals surface area contributed by atoms with Gasteiger partial charge in [-0.15, -0.1) is 0 Å². The Morgan fingerprint density at radius 2 is 1.86 bits per heavy atom. The van der Waals surface area contributed by atoms with E-state index in [0.717, 1.165) is 11.3 Å². The molecular formula is C16H28ClNO2Si. The van der Waals surface area contributed by atoms with Gasteiger partial charge in [-0.25, -0.2) is 4.98 Å². The summed E-state index contributed by atoms with van der Waals surface area (Å²) < 4.78 is 11.9. The Bertz CT molecular complexity index is 472. The van der Waals surface area contributed by atoms with Crippen molar-refractivity contribution < 1.29 is 9.16 Å². The summed E-state index contributed by atoms with van der Waals surface area (Å²) >= 11 is 5.95. The van der Waals surface area contributed by atoms with Crippen molar-refractivity contribution in [2.45, 2.75) is 58.9 Å². The summed E-state index contributed by atoms with van der Waals surface area (Å²) in [7, 11) is -1.69. The molecule has 1 aromatic rings. The molecule has 120 valence electrons. The lowest BCUT2D eigenvalue weighted by Gasteiger charge is -2.36. The number of pyridine rings is 1. The summed E-state index contributed by atoms with van der Waals surface area (Å²) in [5.41, 5.74) is 1.99. The molecule has 3 nitrogen and oxygen atoms in total. The monoisotopic (exact) mass is 329 g/mol. The Labute approximate surface area is 135 Å². The maximum Gasteiger partial charge on any atom is 0.192 e. The Morgan fingerprint density at radius 1 is 1.24 bits per heavy atom. The van der Waals surface area contributed by atoms with E-state index in [-0.39, 0.29) is 11.1 Å². The van der Waals surface area contributed by atoms with Crippen molar-refractivity contribution in [1.82, 2.24) is 4.98 Å². The summed E-state index contributed by atoms with van der Waals surface area (Å²) in [6.07, 6.45) is -0.0771. The summed E-state index contributed by atoms with van der Waals surface area (Å²) in [6.45, 7) is 16.4. The molecule has 0 aliphatic carbocycles. The van der Waals surface area contributed by atoms with Crippen LogP contribution in [0.3, 0.4) is 0 Å². The van der Waals surface area contributed by atoms with E-state index in [2.05, 4.69) is 38.8 Å². The molecule has 0 N–H and O–H groups in total. The number of aryl methyl sites for hydroxylation is 1. The van der Waals surface area contributed by atoms with Crippen LogP contribution in [0.4, 0.5) is 0 Å². The van der Waals surface area contributed by atoms with Gasteiger partial charge in [-0.2, -0.15) is 0 Å². The van der Waals surface area contributed by atoms with Crippen LogP contribution in [-0.4, -0.2) is 26.5 Å². The van der Waals surface area contributed by atoms with Gasteiger partial charge >= 0.3 is 0 Å². The molecule has 0 amide bonds. The molecule has 0 bridgehead atoms. The number of ether oxygens (including phenoxy) is 1. The Morgan fingerprint density at radius 3 is 2.43 bits per heavy atom. The summed E-state index contributed by atoms with van der Waals surface area (Å²) in [6, 6.07) is 3.77. The maximum absolute atomic E-state index is 6.10. The minimum Gasteiger partial charge on any atom is -0.414 e. The molecule has 0 saturated carbocycles. The van der Waals surface area contributed by atoms with Crippen LogP contribution in [0.5, 0.6) is 0 Å². The van der Waals surface area contributed by atoms with E-state index in [1.807, 2.05) is 19.9 Å². The quantitative estimate of drug-likeness (QED) is 0.411. The van der Waals surface area contributed by atoms with Gasteiger partial charge in [0.1, 0.15) is 5.15 Å². The molecule has 21 heavy (non-hydrogen) atoms. The van der Waals surface area contributed by atoms with Gasteiger partial charge in [0.15, 0.2) is 8.32 Å². The molecule has 0 spiro atoms. The Kier molecular flexibility index (Phi) is 6.41. The van der Waals surface area contributed by atoms with Crippen LogP contribution in [0.15, 0.2) is 12.1 Å². The molecule has 0 radical (unpaired) electrons. The molecule has 1 aromatic heterocycles. The van der Waals surface area contributed by atoms with Crippen molar-refractivity contribution in [3.63, 3.8) is 0 Å². The maximum atomic E-state index is 6.10. The highest BCUT2D eigenvalue weighted by Gasteiger charge is 2.36. The van der Waals surface area contributed by atoms with E-state index >= 15 is 0 Å². The number of halogens is 1. The van der Waals surface area contributed by atoms with Crippen LogP contribution >= 0.6 is 11.6 Å². The first kappa shape index (κ1) is 18.6. The lowest BCUT2D eigenvalue weighted by molar-refractivity contribution is 0.0384. The number of hydrogen-bond donors (Lipinski definition) is 0. The molecule has 5 heteroatoms. The van der Waals surface area contributed by atoms with Crippen molar-refractivity contribution in [2.75, 3.05) is 13.2 Å². The van der Waals surface area contributed by atoms with E-state index in [1.165, 1.54) is 0 Å². The predicted molar refractivity (Wildman–Crippen MR) is 91.5 cm³/mol. The molecule has 1 heterocycles. The van der Waals surface area contributed by atoms with Crippen LogP contribution in [-0.2, 0) is 9.16 Å². The Hall–Kier alpha value is -0.423. The van der Waals surface area contributed by atoms with Gasteiger partial charge in [0.2, 0.25) is 0 Å². The van der Waals surface area contributed by atoms with Crippen LogP contribution in [0.25, 0.3) is 0 Å². The third-order valence-corrected chi connectivity index (χ3v) is 8.96. The standard InChI is InChI=1S/C16H28ClNO2Si/c1-12-8-9-14(17)18-15(12)13(2)19-10-11-20-21(6,7)16(3,4)5/h8-9,13H,10-11H2,1-7H3. The molecule has 1 atom stereocenters. The minimum absolute atomic E-state index is 0.0771. The number of hydrogen-bond acceptors (Lipinski definition) is 3. The number of rotatable bonds is 6. The zero-order chi connectivity index (χ0) is 16.3. The van der Waals surface area contributed by atoms with Gasteiger partial charge in [-0.05, 0) is 43.6 Å². The van der Waals surface area contributed by atoms with Gasteiger partial charge < -0.3 is 9.16 Å². The Balaban J connectivity index is 2.48. The van der Waals surface area contributed by atoms with Gasteiger partial charge in [0.05, 0.1) is 25.0 Å². The van der Waals surface area contributed by atoms with Crippen LogP contribution < -0.4 is 0 Å². The number of aromatic nitrogens is 1. The fourth-order valence-electron chi connectivity index (χ4n) is 1.75. The normalized spacial score (nSPS) is 14.3. The van der Waals surface area contributed by atoms with E-state index in [9.17, 15) is 0 Å². The first-order chi connectivity index (χ1) is 9.54. The summed E-state index contributed by atoms with van der Waals surface area (Å²) in [4.78, 5) is 4.35. The van der Waals surface area contributed by atoms with Crippen molar-refractivity contribution in [1.29, 1.82) is 0 Å². The fourth-order valence-corrected chi connectivity index (χ4v) is 2.93. The molecular weight excluding hydrogens is 302 g/mol. The number of nitrogens with zero attached hydrogens (tertiary/aromatic N) is 1. The summed E-state index contributed by atoms with van der Waals surface area (Å²) in [5, 5.41) is 0.729. The smallest absolute Gasteiger partial charge is 0.192 e. The van der Waals surface area contributed by atoms with Crippen LogP contribution in [0, 0.1) is 6.92 Å². The average molecular weight is 330 g/mol. The van der Waals surface area contributed by atoms with Crippen molar-refractivity contribution in [3.05, 3.63) is 28.5 Å². The second kappa shape index (κ2) is 7.23. The topological polar surface area (TPSA) is 31.4 Å². The predicted octanol–water partition coefficient (Wildman–Crippen LogP) is 5.14. The van der Waals surface area contributed by atoms with E-state index in [4.69, 9.17) is 20.8 Å². The second-order valence-electron chi connectivity index (χ2n) is 6.96. The SMILES string of the molecule is Cc1ccc(Cl)nc1C(C)OCCO[Si](C)(C)C(C)(C)C. The van der Waals surface area contributed by atoms with E-state index < -0.39 is 8.32 Å². The highest BCUT2D eigenvalue weighted by atomic mass is 35.5. The molecule has 0 fully saturated rings. The molecule has 0 aliphatic rings. The van der Waals surface area contributed by atoms with Crippen molar-refractivity contribution in [2.24, 2.45) is 0 Å². The third kappa shape index (κ3) is 5.36. The van der Waals surface area contributed by atoms with Crippen LogP contribution in [0.2, 0.25) is 23.3 Å². The summed E-state index contributed by atoms with van der Waals surface area (Å²) in [5.74, 6) is 0. The fraction of sp³-hybridized carbons (Fsp3) is 0.688. The van der Waals surface area contributed by atoms with Crippen molar-refractivity contribution in [3.8, 4) is 0 Å². The van der Waals surface area contributed by atoms with Gasteiger partial charge in [-0.3, -0.25) is 0 Å². The lowest BCUT2D eigenvalue weighted by Crippen LogP contribution is -2.41. The zero-order valence-corrected chi connectivity index (χ0v) is 16.0.